The van der Waals surface area contributed by atoms with Crippen molar-refractivity contribution in [3.05, 3.63) is 84.3 Å². The minimum absolute atomic E-state index is 0.0437. The Morgan fingerprint density at radius 3 is 2.70 bits per heavy atom. The maximum atomic E-state index is 13.2. The second-order valence-corrected chi connectivity index (χ2v) is 6.22. The minimum Gasteiger partial charge on any atom is -0.451 e. The first kappa shape index (κ1) is 19.4. The third kappa shape index (κ3) is 3.93. The molecule has 4 aromatic rings. The van der Waals surface area contributed by atoms with Gasteiger partial charge in [0.2, 0.25) is 0 Å². The Bertz CT molecular complexity index is 1170. The summed E-state index contributed by atoms with van der Waals surface area (Å²) in [4.78, 5) is 20.6. The zero-order valence-electron chi connectivity index (χ0n) is 15.3. The number of furan rings is 1. The first-order valence-corrected chi connectivity index (χ1v) is 8.77. The Morgan fingerprint density at radius 1 is 1.10 bits per heavy atom. The summed E-state index contributed by atoms with van der Waals surface area (Å²) in [6.45, 7) is 0.108. The van der Waals surface area contributed by atoms with Gasteiger partial charge in [-0.05, 0) is 24.3 Å². The summed E-state index contributed by atoms with van der Waals surface area (Å²) in [6.07, 6.45) is -0.117. The first-order valence-electron chi connectivity index (χ1n) is 8.77. The van der Waals surface area contributed by atoms with Gasteiger partial charge >= 0.3 is 6.18 Å². The van der Waals surface area contributed by atoms with Crippen molar-refractivity contribution in [3.63, 3.8) is 0 Å². The van der Waals surface area contributed by atoms with E-state index in [9.17, 15) is 18.0 Å². The van der Waals surface area contributed by atoms with Gasteiger partial charge in [0.1, 0.15) is 18.4 Å². The number of nitrogens with zero attached hydrogens (tertiary/aromatic N) is 4. The maximum absolute atomic E-state index is 13.2. The zero-order chi connectivity index (χ0) is 21.1. The van der Waals surface area contributed by atoms with Crippen LogP contribution in [0.25, 0.3) is 17.1 Å². The Labute approximate surface area is 168 Å². The van der Waals surface area contributed by atoms with Gasteiger partial charge in [0, 0.05) is 23.9 Å². The smallest absolute Gasteiger partial charge is 0.417 e. The number of hydrogen-bond acceptors (Lipinski definition) is 5. The van der Waals surface area contributed by atoms with Gasteiger partial charge in [-0.15, -0.1) is 0 Å². The van der Waals surface area contributed by atoms with Crippen LogP contribution in [0.1, 0.15) is 21.7 Å². The summed E-state index contributed by atoms with van der Waals surface area (Å²) >= 11 is 0. The van der Waals surface area contributed by atoms with Crippen LogP contribution in [0.15, 0.2) is 71.8 Å². The molecule has 3 heterocycles. The monoisotopic (exact) mass is 413 g/mol. The Balaban J connectivity index is 1.52. The van der Waals surface area contributed by atoms with E-state index in [4.69, 9.17) is 4.42 Å². The molecule has 0 atom stereocenters. The molecule has 0 fully saturated rings. The van der Waals surface area contributed by atoms with Gasteiger partial charge in [-0.1, -0.05) is 24.3 Å². The lowest BCUT2D eigenvalue weighted by Crippen LogP contribution is -2.23. The van der Waals surface area contributed by atoms with Gasteiger partial charge in [-0.3, -0.25) is 4.79 Å². The topological polar surface area (TPSA) is 85.8 Å². The van der Waals surface area contributed by atoms with E-state index in [1.165, 1.54) is 47.7 Å². The van der Waals surface area contributed by atoms with Gasteiger partial charge in [0.05, 0.1) is 5.56 Å². The molecule has 1 amide bonds. The molecule has 0 bridgehead atoms. The van der Waals surface area contributed by atoms with Crippen molar-refractivity contribution in [3.8, 4) is 17.1 Å². The van der Waals surface area contributed by atoms with E-state index in [-0.39, 0.29) is 23.6 Å². The maximum Gasteiger partial charge on any atom is 0.417 e. The molecule has 1 aromatic carbocycles. The molecule has 30 heavy (non-hydrogen) atoms. The number of carbonyl (C=O) groups is 1. The molecule has 0 radical (unpaired) electrons. The third-order valence-corrected chi connectivity index (χ3v) is 4.27. The highest BCUT2D eigenvalue weighted by Crippen LogP contribution is 2.37. The molecule has 0 aliphatic carbocycles. The molecule has 0 saturated heterocycles. The highest BCUT2D eigenvalue weighted by Gasteiger charge is 2.34. The Morgan fingerprint density at radius 2 is 1.93 bits per heavy atom. The lowest BCUT2D eigenvalue weighted by Gasteiger charge is -2.10. The highest BCUT2D eigenvalue weighted by molar-refractivity contribution is 5.92. The molecular formula is C20H14F3N5O2. The van der Waals surface area contributed by atoms with Gasteiger partial charge in [-0.25, -0.2) is 14.6 Å². The summed E-state index contributed by atoms with van der Waals surface area (Å²) in [5, 5.41) is 6.69. The lowest BCUT2D eigenvalue weighted by atomic mass is 10.1. The molecule has 4 rings (SSSR count). The van der Waals surface area contributed by atoms with E-state index in [0.29, 0.717) is 11.4 Å². The fourth-order valence-electron chi connectivity index (χ4n) is 2.90. The van der Waals surface area contributed by atoms with Crippen molar-refractivity contribution in [2.45, 2.75) is 12.7 Å². The largest absolute Gasteiger partial charge is 0.451 e. The van der Waals surface area contributed by atoms with E-state index in [2.05, 4.69) is 20.4 Å². The van der Waals surface area contributed by atoms with E-state index in [1.807, 2.05) is 0 Å². The number of benzene rings is 1. The molecular weight excluding hydrogens is 399 g/mol. The van der Waals surface area contributed by atoms with Crippen molar-refractivity contribution in [1.29, 1.82) is 0 Å². The van der Waals surface area contributed by atoms with Crippen LogP contribution in [0.4, 0.5) is 13.2 Å². The number of halogens is 3. The van der Waals surface area contributed by atoms with Crippen LogP contribution in [0.2, 0.25) is 0 Å². The number of hydrogen-bond donors (Lipinski definition) is 1. The van der Waals surface area contributed by atoms with Crippen LogP contribution in [0, 0.1) is 0 Å². The molecule has 0 spiro atoms. The summed E-state index contributed by atoms with van der Waals surface area (Å²) in [7, 11) is 0. The fraction of sp³-hybridized carbons (Fsp3) is 0.100. The molecule has 152 valence electrons. The number of alkyl halides is 3. The van der Waals surface area contributed by atoms with Crippen LogP contribution < -0.4 is 5.32 Å². The molecule has 7 nitrogen and oxygen atoms in total. The lowest BCUT2D eigenvalue weighted by molar-refractivity contribution is -0.137. The Hall–Kier alpha value is -3.95. The summed E-state index contributed by atoms with van der Waals surface area (Å²) in [6, 6.07) is 11.2. The van der Waals surface area contributed by atoms with E-state index < -0.39 is 17.6 Å². The number of nitrogens with one attached hydrogen (secondary N) is 1. The quantitative estimate of drug-likeness (QED) is 0.537. The predicted octanol–water partition coefficient (Wildman–Crippen LogP) is 3.87. The normalized spacial score (nSPS) is 11.4. The summed E-state index contributed by atoms with van der Waals surface area (Å²) in [5.74, 6) is -0.223. The van der Waals surface area contributed by atoms with Gasteiger partial charge in [0.15, 0.2) is 11.6 Å². The van der Waals surface area contributed by atoms with Crippen molar-refractivity contribution < 1.29 is 22.4 Å². The van der Waals surface area contributed by atoms with Crippen molar-refractivity contribution in [1.82, 2.24) is 25.1 Å². The van der Waals surface area contributed by atoms with Crippen LogP contribution in [-0.4, -0.2) is 25.7 Å². The average Bonchev–Trinajstić information content (AvgIpc) is 3.44. The second-order valence-electron chi connectivity index (χ2n) is 6.22. The van der Waals surface area contributed by atoms with Crippen LogP contribution in [0.5, 0.6) is 0 Å². The molecule has 10 heteroatoms. The number of amides is 1. The number of pyridine rings is 1. The fourth-order valence-corrected chi connectivity index (χ4v) is 2.90. The van der Waals surface area contributed by atoms with Crippen molar-refractivity contribution >= 4 is 5.91 Å². The average molecular weight is 413 g/mol. The molecule has 0 aliphatic heterocycles. The van der Waals surface area contributed by atoms with E-state index in [1.54, 1.807) is 18.3 Å². The van der Waals surface area contributed by atoms with Crippen LogP contribution >= 0.6 is 0 Å². The Kier molecular flexibility index (Phi) is 5.05. The van der Waals surface area contributed by atoms with Gasteiger partial charge in [-0.2, -0.15) is 18.3 Å². The van der Waals surface area contributed by atoms with Gasteiger partial charge in [0.25, 0.3) is 5.91 Å². The zero-order valence-corrected chi connectivity index (χ0v) is 15.3. The second kappa shape index (κ2) is 7.82. The van der Waals surface area contributed by atoms with Crippen molar-refractivity contribution in [2.24, 2.45) is 0 Å². The number of aromatic nitrogens is 4. The summed E-state index contributed by atoms with van der Waals surface area (Å²) < 4.78 is 46.5. The van der Waals surface area contributed by atoms with Crippen LogP contribution in [-0.2, 0) is 12.7 Å². The number of rotatable bonds is 5. The molecule has 3 aromatic heterocycles. The molecule has 0 saturated carbocycles. The van der Waals surface area contributed by atoms with E-state index in [0.717, 1.165) is 6.07 Å². The summed E-state index contributed by atoms with van der Waals surface area (Å²) in [5.41, 5.74) is -0.297. The van der Waals surface area contributed by atoms with Crippen LogP contribution in [0.3, 0.4) is 0 Å². The van der Waals surface area contributed by atoms with Crippen molar-refractivity contribution in [2.75, 3.05) is 0 Å². The minimum atomic E-state index is -4.54. The predicted molar refractivity (Wildman–Crippen MR) is 99.5 cm³/mol. The SMILES string of the molecule is O=C(NCc1cccnc1-n1cncn1)c1ccc(-c2ccccc2C(F)(F)F)o1. The molecule has 0 aliphatic rings. The highest BCUT2D eigenvalue weighted by atomic mass is 19.4. The standard InChI is InChI=1S/C20H14F3N5O2/c21-20(22,23)15-6-2-1-5-14(15)16-7-8-17(30-16)19(29)26-10-13-4-3-9-25-18(13)28-12-24-11-27-28/h1-9,11-12H,10H2,(H,26,29). The molecule has 1 N–H and O–H groups in total. The first-order chi connectivity index (χ1) is 14.4. The molecule has 0 unspecified atom stereocenters. The van der Waals surface area contributed by atoms with Gasteiger partial charge < -0.3 is 9.73 Å². The van der Waals surface area contributed by atoms with E-state index >= 15 is 0 Å². The third-order valence-electron chi connectivity index (χ3n) is 4.27. The number of carbonyl (C=O) groups excluding carboxylic acids is 1.